The van der Waals surface area contributed by atoms with E-state index in [0.717, 1.165) is 22.4 Å². The maximum atomic E-state index is 13.8. The maximum Gasteiger partial charge on any atom is 0.273 e. The van der Waals surface area contributed by atoms with Gasteiger partial charge in [-0.25, -0.2) is 0 Å². The molecule has 1 amide bonds. The van der Waals surface area contributed by atoms with Gasteiger partial charge in [-0.2, -0.15) is 5.10 Å². The van der Waals surface area contributed by atoms with Crippen LogP contribution in [0.25, 0.3) is 11.3 Å². The third-order valence-electron chi connectivity index (χ3n) is 6.79. The first kappa shape index (κ1) is 25.0. The maximum absolute atomic E-state index is 13.8. The van der Waals surface area contributed by atoms with Crippen molar-refractivity contribution >= 4 is 5.91 Å². The second-order valence-electron chi connectivity index (χ2n) is 9.02. The Morgan fingerprint density at radius 1 is 0.921 bits per heavy atom. The fraction of sp³-hybridized carbons (Fsp3) is 0.241. The molecule has 0 spiro atoms. The Morgan fingerprint density at radius 2 is 1.61 bits per heavy atom. The second-order valence-corrected chi connectivity index (χ2v) is 9.02. The molecule has 1 atom stereocenters. The molecule has 1 aliphatic rings. The minimum Gasteiger partial charge on any atom is -0.507 e. The number of aromatic hydroxyl groups is 1. The van der Waals surface area contributed by atoms with Crippen molar-refractivity contribution in [2.75, 3.05) is 28.4 Å². The summed E-state index contributed by atoms with van der Waals surface area (Å²) < 4.78 is 22.1. The van der Waals surface area contributed by atoms with Gasteiger partial charge in [0.1, 0.15) is 22.9 Å². The highest BCUT2D eigenvalue weighted by Gasteiger charge is 2.43. The Bertz CT molecular complexity index is 1470. The van der Waals surface area contributed by atoms with Crippen LogP contribution in [0.15, 0.2) is 54.6 Å². The minimum absolute atomic E-state index is 0.0783. The van der Waals surface area contributed by atoms with Crippen molar-refractivity contribution in [3.8, 4) is 40.0 Å². The number of phenols is 1. The van der Waals surface area contributed by atoms with E-state index < -0.39 is 6.04 Å². The number of carbonyl (C=O) groups is 1. The molecule has 38 heavy (non-hydrogen) atoms. The molecule has 0 saturated carbocycles. The van der Waals surface area contributed by atoms with E-state index in [9.17, 15) is 9.90 Å². The SMILES string of the molecule is COc1ccc(CN2C(=O)c3[nH]nc(-c4cc(C)ccc4O)c3C2c2cc(OC)c(OC)c(OC)c2)cc1. The lowest BCUT2D eigenvalue weighted by Gasteiger charge is -2.27. The number of fused-ring (bicyclic) bond motifs is 1. The Hall–Kier alpha value is -4.66. The Labute approximate surface area is 220 Å². The Kier molecular flexibility index (Phi) is 6.59. The summed E-state index contributed by atoms with van der Waals surface area (Å²) in [7, 11) is 6.26. The topological polar surface area (TPSA) is 106 Å². The number of hydrogen-bond acceptors (Lipinski definition) is 7. The Morgan fingerprint density at radius 3 is 2.21 bits per heavy atom. The minimum atomic E-state index is -0.554. The van der Waals surface area contributed by atoms with Gasteiger partial charge in [-0.15, -0.1) is 0 Å². The first-order valence-corrected chi connectivity index (χ1v) is 12.0. The summed E-state index contributed by atoms with van der Waals surface area (Å²) in [5, 5.41) is 18.1. The number of hydrogen-bond donors (Lipinski definition) is 2. The van der Waals surface area contributed by atoms with Crippen LogP contribution in [0.4, 0.5) is 0 Å². The van der Waals surface area contributed by atoms with Crippen molar-refractivity contribution in [2.24, 2.45) is 0 Å². The van der Waals surface area contributed by atoms with Crippen molar-refractivity contribution in [1.29, 1.82) is 0 Å². The third-order valence-corrected chi connectivity index (χ3v) is 6.79. The highest BCUT2D eigenvalue weighted by molar-refractivity contribution is 6.00. The summed E-state index contributed by atoms with van der Waals surface area (Å²) >= 11 is 0. The molecule has 1 unspecified atom stereocenters. The van der Waals surface area contributed by atoms with E-state index in [1.54, 1.807) is 39.4 Å². The number of methoxy groups -OCH3 is 4. The predicted octanol–water partition coefficient (Wildman–Crippen LogP) is 4.87. The van der Waals surface area contributed by atoms with Crippen molar-refractivity contribution in [3.05, 3.63) is 82.5 Å². The zero-order valence-electron chi connectivity index (χ0n) is 21.9. The van der Waals surface area contributed by atoms with E-state index in [4.69, 9.17) is 18.9 Å². The van der Waals surface area contributed by atoms with Gasteiger partial charge < -0.3 is 29.0 Å². The van der Waals surface area contributed by atoms with E-state index in [1.807, 2.05) is 55.5 Å². The van der Waals surface area contributed by atoms with Gasteiger partial charge in [0.15, 0.2) is 11.5 Å². The number of amides is 1. The molecule has 1 aromatic heterocycles. The molecule has 3 aromatic carbocycles. The molecule has 196 valence electrons. The zero-order chi connectivity index (χ0) is 27.0. The standard InChI is InChI=1S/C29H29N3O6/c1-16-6-11-21(33)20(12-16)25-24-26(31-30-25)29(34)32(15-17-7-9-19(35-2)10-8-17)27(24)18-13-22(36-3)28(38-5)23(14-18)37-4/h6-14,27,33H,15H2,1-5H3,(H,30,31). The molecule has 0 fully saturated rings. The van der Waals surface area contributed by atoms with E-state index in [1.165, 1.54) is 0 Å². The van der Waals surface area contributed by atoms with E-state index in [-0.39, 0.29) is 11.7 Å². The lowest BCUT2D eigenvalue weighted by Crippen LogP contribution is -2.29. The predicted molar refractivity (Wildman–Crippen MR) is 141 cm³/mol. The number of aromatic amines is 1. The summed E-state index contributed by atoms with van der Waals surface area (Å²) in [6.45, 7) is 2.26. The molecule has 4 aromatic rings. The van der Waals surface area contributed by atoms with Crippen molar-refractivity contribution in [3.63, 3.8) is 0 Å². The summed E-state index contributed by atoms with van der Waals surface area (Å²) in [5.41, 5.74) is 4.71. The molecule has 0 radical (unpaired) electrons. The quantitative estimate of drug-likeness (QED) is 0.345. The molecule has 0 saturated heterocycles. The Balaban J connectivity index is 1.70. The van der Waals surface area contributed by atoms with Gasteiger partial charge in [-0.1, -0.05) is 23.8 Å². The second kappa shape index (κ2) is 10.0. The van der Waals surface area contributed by atoms with Crippen LogP contribution in [0.5, 0.6) is 28.7 Å². The molecule has 0 aliphatic carbocycles. The fourth-order valence-corrected chi connectivity index (χ4v) is 4.94. The summed E-state index contributed by atoms with van der Waals surface area (Å²) in [4.78, 5) is 15.6. The number of aryl methyl sites for hydroxylation is 1. The van der Waals surface area contributed by atoms with Gasteiger partial charge in [0, 0.05) is 17.7 Å². The molecule has 5 rings (SSSR count). The summed E-state index contributed by atoms with van der Waals surface area (Å²) in [6, 6.07) is 16.0. The van der Waals surface area contributed by atoms with Gasteiger partial charge in [0.2, 0.25) is 5.75 Å². The number of benzene rings is 3. The molecule has 0 bridgehead atoms. The van der Waals surface area contributed by atoms with Crippen molar-refractivity contribution < 1.29 is 28.8 Å². The van der Waals surface area contributed by atoms with Crippen LogP contribution in [-0.2, 0) is 6.54 Å². The number of phenolic OH excluding ortho intramolecular Hbond substituents is 1. The molecular weight excluding hydrogens is 486 g/mol. The lowest BCUT2D eigenvalue weighted by atomic mass is 9.94. The largest absolute Gasteiger partial charge is 0.507 e. The van der Waals surface area contributed by atoms with Crippen LogP contribution in [0.2, 0.25) is 0 Å². The van der Waals surface area contributed by atoms with Crippen LogP contribution >= 0.6 is 0 Å². The number of ether oxygens (including phenoxy) is 4. The first-order valence-electron chi connectivity index (χ1n) is 12.0. The number of H-pyrrole nitrogens is 1. The van der Waals surface area contributed by atoms with Gasteiger partial charge >= 0.3 is 0 Å². The first-order chi connectivity index (χ1) is 18.4. The molecular formula is C29H29N3O6. The lowest BCUT2D eigenvalue weighted by molar-refractivity contribution is 0.0729. The van der Waals surface area contributed by atoms with Crippen LogP contribution < -0.4 is 18.9 Å². The number of nitrogens with one attached hydrogen (secondary N) is 1. The summed E-state index contributed by atoms with van der Waals surface area (Å²) in [5.74, 6) is 1.99. The molecule has 2 N–H and O–H groups in total. The van der Waals surface area contributed by atoms with Gasteiger partial charge in [0.25, 0.3) is 5.91 Å². The molecule has 9 nitrogen and oxygen atoms in total. The highest BCUT2D eigenvalue weighted by atomic mass is 16.5. The molecule has 9 heteroatoms. The van der Waals surface area contributed by atoms with Crippen molar-refractivity contribution in [2.45, 2.75) is 19.5 Å². The van der Waals surface area contributed by atoms with Gasteiger partial charge in [0.05, 0.1) is 34.5 Å². The third kappa shape index (κ3) is 4.15. The highest BCUT2D eigenvalue weighted by Crippen LogP contribution is 2.48. The van der Waals surface area contributed by atoms with E-state index in [0.29, 0.717) is 46.3 Å². The normalized spacial score (nSPS) is 14.4. The number of aromatic nitrogens is 2. The molecule has 1 aliphatic heterocycles. The van der Waals surface area contributed by atoms with Crippen LogP contribution in [-0.4, -0.2) is 54.6 Å². The smallest absolute Gasteiger partial charge is 0.273 e. The number of rotatable bonds is 8. The zero-order valence-corrected chi connectivity index (χ0v) is 21.9. The van der Waals surface area contributed by atoms with Gasteiger partial charge in [-0.3, -0.25) is 9.89 Å². The summed E-state index contributed by atoms with van der Waals surface area (Å²) in [6.07, 6.45) is 0. The van der Waals surface area contributed by atoms with E-state index in [2.05, 4.69) is 10.2 Å². The van der Waals surface area contributed by atoms with Crippen LogP contribution in [0.3, 0.4) is 0 Å². The van der Waals surface area contributed by atoms with Crippen LogP contribution in [0, 0.1) is 6.92 Å². The number of carbonyl (C=O) groups excluding carboxylic acids is 1. The average Bonchev–Trinajstić information content (AvgIpc) is 3.48. The molecule has 2 heterocycles. The monoisotopic (exact) mass is 515 g/mol. The fourth-order valence-electron chi connectivity index (χ4n) is 4.94. The van der Waals surface area contributed by atoms with Crippen LogP contribution in [0.1, 0.15) is 38.8 Å². The van der Waals surface area contributed by atoms with Crippen molar-refractivity contribution in [1.82, 2.24) is 15.1 Å². The van der Waals surface area contributed by atoms with Gasteiger partial charge in [-0.05, 0) is 54.4 Å². The van der Waals surface area contributed by atoms with E-state index >= 15 is 0 Å². The average molecular weight is 516 g/mol. The number of nitrogens with zero attached hydrogens (tertiary/aromatic N) is 2.